The van der Waals surface area contributed by atoms with Crippen molar-refractivity contribution in [2.24, 2.45) is 0 Å². The van der Waals surface area contributed by atoms with E-state index in [1.165, 1.54) is 22.5 Å². The number of carbonyl (C=O) groups is 1. The number of rotatable bonds is 5. The Morgan fingerprint density at radius 3 is 2.28 bits per heavy atom. The maximum Gasteiger partial charge on any atom is 0.289 e. The molecule has 2 aromatic carbocycles. The number of benzene rings is 2. The molecule has 32 heavy (non-hydrogen) atoms. The Hall–Kier alpha value is -3.57. The number of carbonyl (C=O) groups excluding carboxylic acids is 1. The minimum atomic E-state index is -4.06. The fourth-order valence-corrected chi connectivity index (χ4v) is 5.25. The zero-order chi connectivity index (χ0) is 22.9. The first-order valence-corrected chi connectivity index (χ1v) is 11.4. The van der Waals surface area contributed by atoms with Crippen molar-refractivity contribution in [3.05, 3.63) is 82.2 Å². The number of piperazine rings is 1. The zero-order valence-corrected chi connectivity index (χ0v) is 18.1. The first kappa shape index (κ1) is 21.7. The summed E-state index contributed by atoms with van der Waals surface area (Å²) in [6.45, 7) is 2.26. The summed E-state index contributed by atoms with van der Waals surface area (Å²) in [5.41, 5.74) is 1.45. The topological polar surface area (TPSA) is 119 Å². The Morgan fingerprint density at radius 1 is 1.00 bits per heavy atom. The lowest BCUT2D eigenvalue weighted by Crippen LogP contribution is -2.50. The Bertz CT molecular complexity index is 1260. The molecule has 0 bridgehead atoms. The second-order valence-electron chi connectivity index (χ2n) is 7.34. The largest absolute Gasteiger partial charge is 0.335 e. The minimum absolute atomic E-state index is 0.0402. The second kappa shape index (κ2) is 8.52. The lowest BCUT2D eigenvalue weighted by molar-refractivity contribution is -0.387. The van der Waals surface area contributed by atoms with E-state index in [0.717, 1.165) is 17.4 Å². The van der Waals surface area contributed by atoms with Gasteiger partial charge in [0.25, 0.3) is 11.6 Å². The summed E-state index contributed by atoms with van der Waals surface area (Å²) in [6.07, 6.45) is 0. The molecule has 1 amide bonds. The van der Waals surface area contributed by atoms with E-state index in [-0.39, 0.29) is 42.7 Å². The van der Waals surface area contributed by atoms with E-state index < -0.39 is 20.6 Å². The van der Waals surface area contributed by atoms with Gasteiger partial charge in [0.05, 0.1) is 10.6 Å². The van der Waals surface area contributed by atoms with Crippen LogP contribution in [0.3, 0.4) is 0 Å². The molecule has 2 heterocycles. The molecule has 0 N–H and O–H groups in total. The lowest BCUT2D eigenvalue weighted by Gasteiger charge is -2.33. The summed E-state index contributed by atoms with van der Waals surface area (Å²) in [6, 6.07) is 16.4. The number of hydrogen-bond acceptors (Lipinski definition) is 6. The molecule has 11 heteroatoms. The summed E-state index contributed by atoms with van der Waals surface area (Å²) >= 11 is 0. The Morgan fingerprint density at radius 2 is 1.62 bits per heavy atom. The van der Waals surface area contributed by atoms with Gasteiger partial charge >= 0.3 is 0 Å². The summed E-state index contributed by atoms with van der Waals surface area (Å²) < 4.78 is 28.8. The van der Waals surface area contributed by atoms with E-state index in [0.29, 0.717) is 0 Å². The number of aromatic nitrogens is 2. The van der Waals surface area contributed by atoms with E-state index in [9.17, 15) is 23.3 Å². The van der Waals surface area contributed by atoms with Crippen molar-refractivity contribution in [2.45, 2.75) is 11.8 Å². The maximum atomic E-state index is 13.0. The van der Waals surface area contributed by atoms with Gasteiger partial charge in [0.1, 0.15) is 0 Å². The highest BCUT2D eigenvalue weighted by Crippen LogP contribution is 2.27. The Labute approximate surface area is 184 Å². The summed E-state index contributed by atoms with van der Waals surface area (Å²) in [5, 5.41) is 15.7. The highest BCUT2D eigenvalue weighted by Gasteiger charge is 2.35. The Kier molecular flexibility index (Phi) is 5.76. The van der Waals surface area contributed by atoms with E-state index >= 15 is 0 Å². The standard InChI is InChI=1S/C21H21N5O5S/c1-16-15-18(22-25(16)17-7-3-2-4-8-17)21(27)23-11-13-24(14-12-23)32(30,31)20-10-6-5-9-19(20)26(28)29/h2-10,15H,11-14H2,1H3. The van der Waals surface area contributed by atoms with Gasteiger partial charge in [-0.15, -0.1) is 0 Å². The van der Waals surface area contributed by atoms with Gasteiger partial charge in [-0.2, -0.15) is 9.40 Å². The monoisotopic (exact) mass is 455 g/mol. The average Bonchev–Trinajstić information content (AvgIpc) is 3.20. The van der Waals surface area contributed by atoms with E-state index in [1.54, 1.807) is 15.6 Å². The van der Waals surface area contributed by atoms with E-state index in [1.807, 2.05) is 37.3 Å². The summed E-state index contributed by atoms with van der Waals surface area (Å²) in [7, 11) is -4.06. The van der Waals surface area contributed by atoms with Crippen LogP contribution in [0.5, 0.6) is 0 Å². The molecule has 0 spiro atoms. The SMILES string of the molecule is Cc1cc(C(=O)N2CCN(S(=O)(=O)c3ccccc3[N+](=O)[O-])CC2)nn1-c1ccccc1. The predicted molar refractivity (Wildman–Crippen MR) is 116 cm³/mol. The highest BCUT2D eigenvalue weighted by molar-refractivity contribution is 7.89. The molecule has 0 saturated carbocycles. The number of nitrogens with zero attached hydrogens (tertiary/aromatic N) is 5. The van der Waals surface area contributed by atoms with Crippen molar-refractivity contribution in [3.8, 4) is 5.69 Å². The van der Waals surface area contributed by atoms with Gasteiger partial charge in [0.2, 0.25) is 10.0 Å². The molecule has 0 radical (unpaired) electrons. The van der Waals surface area contributed by atoms with Gasteiger partial charge in [-0.05, 0) is 31.2 Å². The average molecular weight is 455 g/mol. The third kappa shape index (κ3) is 3.99. The molecule has 1 aliphatic rings. The van der Waals surface area contributed by atoms with E-state index in [2.05, 4.69) is 5.10 Å². The van der Waals surface area contributed by atoms with Crippen LogP contribution in [-0.2, 0) is 10.0 Å². The molecule has 1 aliphatic heterocycles. The summed E-state index contributed by atoms with van der Waals surface area (Å²) in [5.74, 6) is -0.287. The van der Waals surface area contributed by atoms with Gasteiger partial charge in [-0.3, -0.25) is 14.9 Å². The van der Waals surface area contributed by atoms with Crippen molar-refractivity contribution < 1.29 is 18.1 Å². The molecule has 1 saturated heterocycles. The number of hydrogen-bond donors (Lipinski definition) is 0. The van der Waals surface area contributed by atoms with Crippen molar-refractivity contribution in [1.29, 1.82) is 0 Å². The van der Waals surface area contributed by atoms with Crippen LogP contribution in [0.2, 0.25) is 0 Å². The van der Waals surface area contributed by atoms with Gasteiger partial charge in [0.15, 0.2) is 10.6 Å². The Balaban J connectivity index is 1.49. The van der Waals surface area contributed by atoms with Crippen LogP contribution in [0.15, 0.2) is 65.6 Å². The normalized spacial score (nSPS) is 15.0. The first-order valence-electron chi connectivity index (χ1n) is 9.94. The number of nitro groups is 1. The molecule has 0 aliphatic carbocycles. The molecule has 4 rings (SSSR count). The fourth-order valence-electron chi connectivity index (χ4n) is 3.67. The van der Waals surface area contributed by atoms with Crippen LogP contribution < -0.4 is 0 Å². The van der Waals surface area contributed by atoms with Crippen LogP contribution in [-0.4, -0.2) is 64.4 Å². The third-order valence-corrected chi connectivity index (χ3v) is 7.26. The highest BCUT2D eigenvalue weighted by atomic mass is 32.2. The van der Waals surface area contributed by atoms with E-state index in [4.69, 9.17) is 0 Å². The predicted octanol–water partition coefficient (Wildman–Crippen LogP) is 2.24. The second-order valence-corrected chi connectivity index (χ2v) is 9.25. The molecule has 1 fully saturated rings. The van der Waals surface area contributed by atoms with Gasteiger partial charge in [0, 0.05) is 37.9 Å². The molecular weight excluding hydrogens is 434 g/mol. The van der Waals surface area contributed by atoms with Crippen molar-refractivity contribution in [3.63, 3.8) is 0 Å². The molecular formula is C21H21N5O5S. The minimum Gasteiger partial charge on any atom is -0.335 e. The number of amides is 1. The van der Waals surface area contributed by atoms with Crippen LogP contribution in [0.1, 0.15) is 16.2 Å². The van der Waals surface area contributed by atoms with Crippen molar-refractivity contribution >= 4 is 21.6 Å². The smallest absolute Gasteiger partial charge is 0.289 e. The maximum absolute atomic E-state index is 13.0. The van der Waals surface area contributed by atoms with Crippen molar-refractivity contribution in [2.75, 3.05) is 26.2 Å². The number of sulfonamides is 1. The summed E-state index contributed by atoms with van der Waals surface area (Å²) in [4.78, 5) is 24.7. The quantitative estimate of drug-likeness (QED) is 0.430. The van der Waals surface area contributed by atoms with Crippen LogP contribution in [0.4, 0.5) is 5.69 Å². The van der Waals surface area contributed by atoms with Gasteiger partial charge in [-0.1, -0.05) is 30.3 Å². The van der Waals surface area contributed by atoms with Crippen molar-refractivity contribution in [1.82, 2.24) is 19.0 Å². The van der Waals surface area contributed by atoms with Crippen LogP contribution in [0.25, 0.3) is 5.69 Å². The molecule has 1 aromatic heterocycles. The molecule has 0 unspecified atom stereocenters. The van der Waals surface area contributed by atoms with Gasteiger partial charge in [-0.25, -0.2) is 13.1 Å². The van der Waals surface area contributed by atoms with Gasteiger partial charge < -0.3 is 4.90 Å². The molecule has 10 nitrogen and oxygen atoms in total. The number of aryl methyl sites for hydroxylation is 1. The first-order chi connectivity index (χ1) is 15.3. The number of nitro benzene ring substituents is 1. The molecule has 3 aromatic rings. The fraction of sp³-hybridized carbons (Fsp3) is 0.238. The van der Waals surface area contributed by atoms with Crippen LogP contribution >= 0.6 is 0 Å². The molecule has 0 atom stereocenters. The lowest BCUT2D eigenvalue weighted by atomic mass is 10.3. The van der Waals surface area contributed by atoms with Crippen LogP contribution in [0, 0.1) is 17.0 Å². The zero-order valence-electron chi connectivity index (χ0n) is 17.3. The number of para-hydroxylation sites is 2. The third-order valence-electron chi connectivity index (χ3n) is 5.31. The molecule has 166 valence electrons.